The van der Waals surface area contributed by atoms with E-state index in [0.717, 1.165) is 23.0 Å². The van der Waals surface area contributed by atoms with Crippen LogP contribution in [0.5, 0.6) is 23.0 Å². The lowest BCUT2D eigenvalue weighted by molar-refractivity contribution is 0.171. The largest absolute Gasteiger partial charge is 0.486 e. The summed E-state index contributed by atoms with van der Waals surface area (Å²) >= 11 is 0. The van der Waals surface area contributed by atoms with Gasteiger partial charge in [0.1, 0.15) is 13.2 Å². The number of ether oxygens (including phenoxy) is 4. The van der Waals surface area contributed by atoms with E-state index in [-0.39, 0.29) is 22.3 Å². The van der Waals surface area contributed by atoms with Gasteiger partial charge in [-0.3, -0.25) is 0 Å². The van der Waals surface area contributed by atoms with Crippen LogP contribution in [0, 0.1) is 0 Å². The van der Waals surface area contributed by atoms with E-state index in [0.29, 0.717) is 43.7 Å². The Morgan fingerprint density at radius 1 is 0.365 bits per heavy atom. The van der Waals surface area contributed by atoms with E-state index < -0.39 is 0 Å². The molecule has 2 heterocycles. The molecule has 0 aromatic heterocycles. The van der Waals surface area contributed by atoms with Crippen molar-refractivity contribution >= 4 is 0 Å². The van der Waals surface area contributed by atoms with Gasteiger partial charge in [0.2, 0.25) is 6.79 Å². The van der Waals surface area contributed by atoms with Gasteiger partial charge in [0, 0.05) is 0 Å². The second-order valence-corrected chi connectivity index (χ2v) is 14.9. The maximum atomic E-state index is 5.49. The summed E-state index contributed by atoms with van der Waals surface area (Å²) < 4.78 is 21.4. The Hall–Kier alpha value is -3.92. The molecule has 0 bridgehead atoms. The van der Waals surface area contributed by atoms with Crippen LogP contribution in [0.25, 0.3) is 0 Å². The molecule has 0 saturated carbocycles. The molecule has 0 saturated heterocycles. The summed E-state index contributed by atoms with van der Waals surface area (Å²) in [6.45, 7) is 19.4. The van der Waals surface area contributed by atoms with Gasteiger partial charge in [-0.05, 0) is 131 Å². The number of fused-ring (bicyclic) bond motifs is 4. The smallest absolute Gasteiger partial charge is 0.231 e. The minimum Gasteiger partial charge on any atom is -0.486 e. The molecule has 8 rings (SSSR count). The molecule has 0 amide bonds. The third kappa shape index (κ3) is 11.8. The first kappa shape index (κ1) is 44.2. The number of aryl methyl sites for hydroxylation is 4. The third-order valence-corrected chi connectivity index (χ3v) is 9.87. The van der Waals surface area contributed by atoms with E-state index in [2.05, 4.69) is 110 Å². The SMILES string of the molecule is C.C.C.CC(C)c1ccc2c(c1)CCC2.CC(C)c1ccc2c(c1)CCC2.CC(C)c1ccc2c(c1)OCCO2.CC(C)c1ccc2c(c1)OCO2. The van der Waals surface area contributed by atoms with Crippen molar-refractivity contribution in [1.29, 1.82) is 0 Å². The number of hydrogen-bond donors (Lipinski definition) is 0. The molecule has 4 heteroatoms. The Bertz CT molecular complexity index is 1520. The highest BCUT2D eigenvalue weighted by molar-refractivity contribution is 5.46. The third-order valence-electron chi connectivity index (χ3n) is 9.87. The summed E-state index contributed by atoms with van der Waals surface area (Å²) in [5, 5.41) is 0. The van der Waals surface area contributed by atoms with Crippen molar-refractivity contribution in [2.45, 2.75) is 140 Å². The first-order valence-electron chi connectivity index (χ1n) is 18.6. The van der Waals surface area contributed by atoms with Gasteiger partial charge in [-0.1, -0.05) is 126 Å². The zero-order valence-electron chi connectivity index (χ0n) is 31.2. The van der Waals surface area contributed by atoms with E-state index in [4.69, 9.17) is 18.9 Å². The Morgan fingerprint density at radius 2 is 0.692 bits per heavy atom. The maximum absolute atomic E-state index is 5.49. The zero-order valence-corrected chi connectivity index (χ0v) is 31.2. The van der Waals surface area contributed by atoms with Crippen molar-refractivity contribution in [2.75, 3.05) is 20.0 Å². The van der Waals surface area contributed by atoms with Gasteiger partial charge in [-0.15, -0.1) is 0 Å². The Morgan fingerprint density at radius 3 is 1.13 bits per heavy atom. The summed E-state index contributed by atoms with van der Waals surface area (Å²) in [4.78, 5) is 0. The van der Waals surface area contributed by atoms with Gasteiger partial charge in [0.15, 0.2) is 23.0 Å². The van der Waals surface area contributed by atoms with Crippen molar-refractivity contribution in [2.24, 2.45) is 0 Å². The van der Waals surface area contributed by atoms with Crippen LogP contribution in [0.4, 0.5) is 0 Å². The van der Waals surface area contributed by atoms with Crippen molar-refractivity contribution < 1.29 is 18.9 Å². The van der Waals surface area contributed by atoms with Crippen LogP contribution in [-0.2, 0) is 25.7 Å². The molecular formula is C48H70O4. The Kier molecular flexibility index (Phi) is 17.8. The average Bonchev–Trinajstić information content (AvgIpc) is 3.89. The fourth-order valence-electron chi connectivity index (χ4n) is 6.59. The highest BCUT2D eigenvalue weighted by Crippen LogP contribution is 2.35. The van der Waals surface area contributed by atoms with Gasteiger partial charge in [0.25, 0.3) is 0 Å². The lowest BCUT2D eigenvalue weighted by Crippen LogP contribution is -2.15. The first-order chi connectivity index (χ1) is 23.6. The standard InChI is InChI=1S/2C12H16.C11H14O2.C10H12O2.3CH4/c2*1-9(2)11-7-6-10-4-3-5-12(10)8-11;1-8(2)9-3-4-10-11(7-9)13-6-5-12-10;1-7(2)8-3-4-9-10(5-8)12-6-11-9;;;/h2*6-9H,3-5H2,1-2H3;3-4,7-8H,5-6H2,1-2H3;3-5,7H,6H2,1-2H3;3*1H4. The number of rotatable bonds is 4. The van der Waals surface area contributed by atoms with E-state index in [1.54, 1.807) is 22.3 Å². The lowest BCUT2D eigenvalue weighted by Gasteiger charge is -2.19. The van der Waals surface area contributed by atoms with Crippen LogP contribution in [0.15, 0.2) is 72.8 Å². The molecule has 0 atom stereocenters. The molecule has 0 fully saturated rings. The van der Waals surface area contributed by atoms with E-state index in [1.165, 1.54) is 60.8 Å². The molecule has 52 heavy (non-hydrogen) atoms. The lowest BCUT2D eigenvalue weighted by atomic mass is 9.99. The van der Waals surface area contributed by atoms with Crippen molar-refractivity contribution in [1.82, 2.24) is 0 Å². The van der Waals surface area contributed by atoms with Gasteiger partial charge in [0.05, 0.1) is 0 Å². The molecule has 286 valence electrons. The van der Waals surface area contributed by atoms with Gasteiger partial charge >= 0.3 is 0 Å². The highest BCUT2D eigenvalue weighted by atomic mass is 16.7. The summed E-state index contributed by atoms with van der Waals surface area (Å²) in [7, 11) is 0. The van der Waals surface area contributed by atoms with Gasteiger partial charge in [-0.25, -0.2) is 0 Å². The highest BCUT2D eigenvalue weighted by Gasteiger charge is 2.15. The molecule has 2 aliphatic heterocycles. The summed E-state index contributed by atoms with van der Waals surface area (Å²) in [6, 6.07) is 26.3. The molecule has 4 aromatic carbocycles. The molecule has 0 radical (unpaired) electrons. The van der Waals surface area contributed by atoms with Crippen molar-refractivity contribution in [3.63, 3.8) is 0 Å². The van der Waals surface area contributed by atoms with Crippen LogP contribution < -0.4 is 18.9 Å². The number of benzene rings is 4. The van der Waals surface area contributed by atoms with Crippen molar-refractivity contribution in [3.05, 3.63) is 117 Å². The second kappa shape index (κ2) is 20.9. The molecule has 0 spiro atoms. The monoisotopic (exact) mass is 711 g/mol. The summed E-state index contributed by atoms with van der Waals surface area (Å²) in [6.07, 6.45) is 7.92. The quantitative estimate of drug-likeness (QED) is 0.211. The average molecular weight is 711 g/mol. The predicted molar refractivity (Wildman–Crippen MR) is 223 cm³/mol. The zero-order chi connectivity index (χ0) is 34.9. The molecule has 0 N–H and O–H groups in total. The molecule has 4 nitrogen and oxygen atoms in total. The van der Waals surface area contributed by atoms with Crippen LogP contribution in [0.3, 0.4) is 0 Å². The first-order valence-corrected chi connectivity index (χ1v) is 18.6. The summed E-state index contributed by atoms with van der Waals surface area (Å²) in [5.41, 5.74) is 11.9. The van der Waals surface area contributed by atoms with Crippen LogP contribution >= 0.6 is 0 Å². The number of hydrogen-bond acceptors (Lipinski definition) is 4. The fourth-order valence-corrected chi connectivity index (χ4v) is 6.59. The topological polar surface area (TPSA) is 36.9 Å². The van der Waals surface area contributed by atoms with Crippen LogP contribution in [0.2, 0.25) is 0 Å². The molecule has 0 unspecified atom stereocenters. The molecule has 2 aliphatic carbocycles. The predicted octanol–water partition coefficient (Wildman–Crippen LogP) is 13.6. The Balaban J connectivity index is 0.000000236. The van der Waals surface area contributed by atoms with Gasteiger partial charge < -0.3 is 18.9 Å². The van der Waals surface area contributed by atoms with Crippen molar-refractivity contribution in [3.8, 4) is 23.0 Å². The molecular weight excluding hydrogens is 641 g/mol. The fraction of sp³-hybridized carbons (Fsp3) is 0.500. The maximum Gasteiger partial charge on any atom is 0.231 e. The van der Waals surface area contributed by atoms with E-state index >= 15 is 0 Å². The Labute approximate surface area is 318 Å². The molecule has 4 aliphatic rings. The summed E-state index contributed by atoms with van der Waals surface area (Å²) in [5.74, 6) is 5.93. The van der Waals surface area contributed by atoms with Gasteiger partial charge in [-0.2, -0.15) is 0 Å². The second-order valence-electron chi connectivity index (χ2n) is 14.9. The van der Waals surface area contributed by atoms with E-state index in [1.807, 2.05) is 18.2 Å². The minimum absolute atomic E-state index is 0. The van der Waals surface area contributed by atoms with Crippen LogP contribution in [-0.4, -0.2) is 20.0 Å². The van der Waals surface area contributed by atoms with E-state index in [9.17, 15) is 0 Å². The molecule has 4 aromatic rings. The normalized spacial score (nSPS) is 13.9. The van der Waals surface area contributed by atoms with Crippen LogP contribution in [0.1, 0.15) is 159 Å². The minimum atomic E-state index is 0.